The van der Waals surface area contributed by atoms with Gasteiger partial charge in [-0.3, -0.25) is 0 Å². The summed E-state index contributed by atoms with van der Waals surface area (Å²) in [4.78, 5) is 0. The summed E-state index contributed by atoms with van der Waals surface area (Å²) < 4.78 is 26.7. The molecule has 0 radical (unpaired) electrons. The molecular formula is C22H47BO5. The van der Waals surface area contributed by atoms with Crippen LogP contribution in [0.3, 0.4) is 0 Å². The van der Waals surface area contributed by atoms with E-state index in [4.69, 9.17) is 23.4 Å². The van der Waals surface area contributed by atoms with Gasteiger partial charge in [-0.15, -0.1) is 0 Å². The molecule has 0 rings (SSSR count). The molecule has 0 aliphatic carbocycles. The van der Waals surface area contributed by atoms with Gasteiger partial charge < -0.3 is 23.4 Å². The highest BCUT2D eigenvalue weighted by atomic mass is 16.7. The van der Waals surface area contributed by atoms with Gasteiger partial charge in [0.1, 0.15) is 0 Å². The average molecular weight is 402 g/mol. The zero-order valence-electron chi connectivity index (χ0n) is 19.1. The minimum atomic E-state index is -0.618. The summed E-state index contributed by atoms with van der Waals surface area (Å²) in [5, 5.41) is 0. The average Bonchev–Trinajstić information content (AvgIpc) is 2.70. The van der Waals surface area contributed by atoms with Crippen LogP contribution in [0.1, 0.15) is 96.8 Å². The molecule has 0 fully saturated rings. The molecule has 0 aliphatic rings. The Morgan fingerprint density at radius 2 is 0.786 bits per heavy atom. The van der Waals surface area contributed by atoms with Crippen molar-refractivity contribution in [3.8, 4) is 0 Å². The zero-order chi connectivity index (χ0) is 20.5. The van der Waals surface area contributed by atoms with E-state index in [1.165, 1.54) is 83.5 Å². The van der Waals surface area contributed by atoms with Crippen molar-refractivity contribution in [2.45, 2.75) is 96.8 Å². The summed E-state index contributed by atoms with van der Waals surface area (Å²) in [6, 6.07) is 0. The van der Waals surface area contributed by atoms with E-state index in [9.17, 15) is 0 Å². The lowest BCUT2D eigenvalue weighted by Crippen LogP contribution is -2.30. The van der Waals surface area contributed by atoms with Crippen LogP contribution >= 0.6 is 0 Å². The summed E-state index contributed by atoms with van der Waals surface area (Å²) in [6.45, 7) is 4.95. The van der Waals surface area contributed by atoms with Gasteiger partial charge in [-0.1, -0.05) is 90.4 Å². The zero-order valence-corrected chi connectivity index (χ0v) is 19.1. The van der Waals surface area contributed by atoms with Gasteiger partial charge >= 0.3 is 7.32 Å². The highest BCUT2D eigenvalue weighted by Crippen LogP contribution is 2.13. The van der Waals surface area contributed by atoms with Crippen LogP contribution in [0.25, 0.3) is 0 Å². The maximum Gasteiger partial charge on any atom is 0.639 e. The van der Waals surface area contributed by atoms with Gasteiger partial charge in [0.2, 0.25) is 0 Å². The molecule has 0 saturated heterocycles. The van der Waals surface area contributed by atoms with Crippen LogP contribution in [0.5, 0.6) is 0 Å². The van der Waals surface area contributed by atoms with Crippen molar-refractivity contribution >= 4 is 7.32 Å². The molecule has 0 aromatic rings. The van der Waals surface area contributed by atoms with Gasteiger partial charge in [-0.25, -0.2) is 0 Å². The molecule has 0 aliphatic heterocycles. The first-order chi connectivity index (χ1) is 13.8. The summed E-state index contributed by atoms with van der Waals surface area (Å²) in [7, 11) is 2.69. The van der Waals surface area contributed by atoms with Crippen LogP contribution in [0.4, 0.5) is 0 Å². The quantitative estimate of drug-likeness (QED) is 0.151. The molecule has 0 unspecified atom stereocenters. The van der Waals surface area contributed by atoms with E-state index in [1.807, 2.05) is 0 Å². The molecule has 0 atom stereocenters. The summed E-state index contributed by atoms with van der Waals surface area (Å²) in [5.74, 6) is 0. The molecule has 0 aromatic carbocycles. The van der Waals surface area contributed by atoms with Gasteiger partial charge in [0.25, 0.3) is 0 Å². The third-order valence-corrected chi connectivity index (χ3v) is 4.83. The molecule has 0 aromatic heterocycles. The number of unbranched alkanes of at least 4 members (excludes halogenated alkanes) is 13. The third kappa shape index (κ3) is 22.2. The highest BCUT2D eigenvalue weighted by Gasteiger charge is 2.20. The third-order valence-electron chi connectivity index (χ3n) is 4.83. The standard InChI is InChI=1S/C22H47BO5/c1-4-5-6-7-8-9-10-11-12-13-14-15-16-17-18-26-23(27-21-19-24-2)28-22-20-25-3/h4-22H2,1-3H3. The topological polar surface area (TPSA) is 46.2 Å². The van der Waals surface area contributed by atoms with E-state index in [1.54, 1.807) is 14.2 Å². The van der Waals surface area contributed by atoms with E-state index < -0.39 is 7.32 Å². The van der Waals surface area contributed by atoms with Gasteiger partial charge in [0, 0.05) is 20.8 Å². The molecule has 5 nitrogen and oxygen atoms in total. The fourth-order valence-electron chi connectivity index (χ4n) is 3.08. The van der Waals surface area contributed by atoms with E-state index >= 15 is 0 Å². The number of methoxy groups -OCH3 is 2. The molecule has 28 heavy (non-hydrogen) atoms. The molecule has 168 valence electrons. The Balaban J connectivity index is 3.37. The maximum absolute atomic E-state index is 5.69. The molecular weight excluding hydrogens is 355 g/mol. The first-order valence-corrected chi connectivity index (χ1v) is 11.7. The van der Waals surface area contributed by atoms with Crippen LogP contribution in [0, 0.1) is 0 Å². The fraction of sp³-hybridized carbons (Fsp3) is 1.00. The predicted octanol–water partition coefficient (Wildman–Crippen LogP) is 5.80. The van der Waals surface area contributed by atoms with Crippen molar-refractivity contribution in [3.05, 3.63) is 0 Å². The molecule has 0 N–H and O–H groups in total. The second-order valence-electron chi connectivity index (χ2n) is 7.48. The van der Waals surface area contributed by atoms with Crippen molar-refractivity contribution in [1.29, 1.82) is 0 Å². The largest absolute Gasteiger partial charge is 0.639 e. The first kappa shape index (κ1) is 27.9. The van der Waals surface area contributed by atoms with Crippen LogP contribution in [0.2, 0.25) is 0 Å². The Kier molecular flexibility index (Phi) is 24.8. The Morgan fingerprint density at radius 1 is 0.429 bits per heavy atom. The van der Waals surface area contributed by atoms with Gasteiger partial charge in [0.15, 0.2) is 0 Å². The number of rotatable bonds is 24. The number of hydrogen-bond acceptors (Lipinski definition) is 5. The second kappa shape index (κ2) is 24.9. The SMILES string of the molecule is CCCCCCCCCCCCCCCCOB(OCCOC)OCCOC. The van der Waals surface area contributed by atoms with Crippen molar-refractivity contribution in [2.24, 2.45) is 0 Å². The van der Waals surface area contributed by atoms with Crippen LogP contribution in [-0.4, -0.2) is 54.6 Å². The normalized spacial score (nSPS) is 11.2. The van der Waals surface area contributed by atoms with E-state index in [-0.39, 0.29) is 0 Å². The van der Waals surface area contributed by atoms with Gasteiger partial charge in [-0.2, -0.15) is 0 Å². The summed E-state index contributed by atoms with van der Waals surface area (Å²) in [5.41, 5.74) is 0. The lowest BCUT2D eigenvalue weighted by Gasteiger charge is -2.14. The van der Waals surface area contributed by atoms with Crippen LogP contribution < -0.4 is 0 Å². The van der Waals surface area contributed by atoms with Crippen LogP contribution in [0.15, 0.2) is 0 Å². The summed E-state index contributed by atoms with van der Waals surface area (Å²) in [6.07, 6.45) is 19.0. The molecule has 6 heteroatoms. The smallest absolute Gasteiger partial charge is 0.386 e. The predicted molar refractivity (Wildman–Crippen MR) is 118 cm³/mol. The lowest BCUT2D eigenvalue weighted by atomic mass is 10.0. The minimum Gasteiger partial charge on any atom is -0.386 e. The second-order valence-corrected chi connectivity index (χ2v) is 7.48. The Morgan fingerprint density at radius 3 is 1.18 bits per heavy atom. The number of hydrogen-bond donors (Lipinski definition) is 0. The fourth-order valence-corrected chi connectivity index (χ4v) is 3.08. The molecule has 0 spiro atoms. The van der Waals surface area contributed by atoms with Crippen LogP contribution in [-0.2, 0) is 23.4 Å². The minimum absolute atomic E-state index is 0.465. The van der Waals surface area contributed by atoms with E-state index in [0.717, 1.165) is 6.42 Å². The first-order valence-electron chi connectivity index (χ1n) is 11.7. The summed E-state index contributed by atoms with van der Waals surface area (Å²) >= 11 is 0. The van der Waals surface area contributed by atoms with Crippen molar-refractivity contribution in [1.82, 2.24) is 0 Å². The molecule has 0 heterocycles. The van der Waals surface area contributed by atoms with E-state index in [0.29, 0.717) is 33.0 Å². The maximum atomic E-state index is 5.69. The van der Waals surface area contributed by atoms with Gasteiger partial charge in [-0.05, 0) is 6.42 Å². The van der Waals surface area contributed by atoms with Crippen molar-refractivity contribution in [2.75, 3.05) is 47.3 Å². The number of ether oxygens (including phenoxy) is 2. The van der Waals surface area contributed by atoms with E-state index in [2.05, 4.69) is 6.92 Å². The van der Waals surface area contributed by atoms with Gasteiger partial charge in [0.05, 0.1) is 26.4 Å². The monoisotopic (exact) mass is 402 g/mol. The van der Waals surface area contributed by atoms with Crippen molar-refractivity contribution in [3.63, 3.8) is 0 Å². The molecule has 0 bridgehead atoms. The molecule has 0 saturated carbocycles. The van der Waals surface area contributed by atoms with Crippen molar-refractivity contribution < 1.29 is 23.4 Å². The highest BCUT2D eigenvalue weighted by molar-refractivity contribution is 6.36. The lowest BCUT2D eigenvalue weighted by molar-refractivity contribution is 0.0496. The Bertz CT molecular complexity index is 272. The molecule has 0 amide bonds. The Hall–Kier alpha value is -0.135. The Labute approximate surface area is 175 Å².